The number of halogens is 1. The van der Waals surface area contributed by atoms with Crippen molar-refractivity contribution in [1.82, 2.24) is 19.7 Å². The zero-order chi connectivity index (χ0) is 12.4. The summed E-state index contributed by atoms with van der Waals surface area (Å²) in [5.41, 5.74) is 5.41. The zero-order valence-electron chi connectivity index (χ0n) is 8.79. The molecule has 0 unspecified atom stereocenters. The van der Waals surface area contributed by atoms with Gasteiger partial charge in [-0.3, -0.25) is 4.79 Å². The molecule has 0 aliphatic carbocycles. The number of hydrogen-bond donors (Lipinski definition) is 1. The molecule has 2 aromatic heterocycles. The summed E-state index contributed by atoms with van der Waals surface area (Å²) < 4.78 is 7.00. The standard InChI is InChI=1S/C9H8BrN5O2/c1-17-8-6(10)3-12-9(14-8)15-4-5(2-13-15)7(11)16/h2-4H,1H3,(H2,11,16). The number of carbonyl (C=O) groups excluding carboxylic acids is 1. The molecule has 0 saturated heterocycles. The monoisotopic (exact) mass is 297 g/mol. The molecule has 0 saturated carbocycles. The predicted molar refractivity (Wildman–Crippen MR) is 61.9 cm³/mol. The molecule has 2 aromatic rings. The lowest BCUT2D eigenvalue weighted by Crippen LogP contribution is -2.09. The second-order valence-corrected chi connectivity index (χ2v) is 3.92. The van der Waals surface area contributed by atoms with Crippen LogP contribution in [-0.4, -0.2) is 32.8 Å². The fourth-order valence-corrected chi connectivity index (χ4v) is 1.51. The Balaban J connectivity index is 2.42. The third-order valence-electron chi connectivity index (χ3n) is 1.96. The van der Waals surface area contributed by atoms with Crippen molar-refractivity contribution >= 4 is 21.8 Å². The van der Waals surface area contributed by atoms with E-state index in [9.17, 15) is 4.79 Å². The number of nitrogens with zero attached hydrogens (tertiary/aromatic N) is 4. The first-order valence-corrected chi connectivity index (χ1v) is 5.32. The summed E-state index contributed by atoms with van der Waals surface area (Å²) in [6, 6.07) is 0. The van der Waals surface area contributed by atoms with Crippen LogP contribution in [0.2, 0.25) is 0 Å². The van der Waals surface area contributed by atoms with E-state index in [-0.39, 0.29) is 11.5 Å². The van der Waals surface area contributed by atoms with Crippen molar-refractivity contribution in [3.05, 3.63) is 28.6 Å². The summed E-state index contributed by atoms with van der Waals surface area (Å²) in [7, 11) is 1.49. The van der Waals surface area contributed by atoms with Gasteiger partial charge in [0, 0.05) is 6.20 Å². The lowest BCUT2D eigenvalue weighted by Gasteiger charge is -2.03. The first-order chi connectivity index (χ1) is 8.11. The van der Waals surface area contributed by atoms with E-state index >= 15 is 0 Å². The molecule has 0 aliphatic rings. The van der Waals surface area contributed by atoms with Crippen LogP contribution in [0.15, 0.2) is 23.1 Å². The molecule has 2 heterocycles. The van der Waals surface area contributed by atoms with Crippen molar-refractivity contribution < 1.29 is 9.53 Å². The predicted octanol–water partition coefficient (Wildman–Crippen LogP) is 0.532. The van der Waals surface area contributed by atoms with Crippen LogP contribution in [-0.2, 0) is 0 Å². The van der Waals surface area contributed by atoms with Crippen molar-refractivity contribution in [1.29, 1.82) is 0 Å². The zero-order valence-corrected chi connectivity index (χ0v) is 10.4. The van der Waals surface area contributed by atoms with Gasteiger partial charge in [0.15, 0.2) is 0 Å². The van der Waals surface area contributed by atoms with E-state index in [2.05, 4.69) is 31.0 Å². The molecule has 7 nitrogen and oxygen atoms in total. The molecular formula is C9H8BrN5O2. The number of methoxy groups -OCH3 is 1. The van der Waals surface area contributed by atoms with Gasteiger partial charge in [-0.25, -0.2) is 9.67 Å². The van der Waals surface area contributed by atoms with Crippen LogP contribution in [0, 0.1) is 0 Å². The first-order valence-electron chi connectivity index (χ1n) is 4.53. The summed E-state index contributed by atoms with van der Waals surface area (Å²) in [5, 5.41) is 3.93. The Hall–Kier alpha value is -1.96. The Morgan fingerprint density at radius 3 is 2.88 bits per heavy atom. The second kappa shape index (κ2) is 4.50. The smallest absolute Gasteiger partial charge is 0.253 e. The molecule has 2 N–H and O–H groups in total. The Labute approximate surface area is 105 Å². The first kappa shape index (κ1) is 11.5. The maximum atomic E-state index is 10.9. The number of ether oxygens (including phenoxy) is 1. The van der Waals surface area contributed by atoms with Crippen molar-refractivity contribution in [3.63, 3.8) is 0 Å². The van der Waals surface area contributed by atoms with Crippen LogP contribution >= 0.6 is 15.9 Å². The molecule has 0 bridgehead atoms. The number of rotatable bonds is 3. The number of amides is 1. The van der Waals surface area contributed by atoms with E-state index in [1.54, 1.807) is 0 Å². The van der Waals surface area contributed by atoms with Crippen LogP contribution in [0.5, 0.6) is 5.88 Å². The average molecular weight is 298 g/mol. The maximum absolute atomic E-state index is 10.9. The fraction of sp³-hybridized carbons (Fsp3) is 0.111. The lowest BCUT2D eigenvalue weighted by molar-refractivity contribution is 0.100. The average Bonchev–Trinajstić information content (AvgIpc) is 2.79. The third-order valence-corrected chi connectivity index (χ3v) is 2.51. The molecule has 0 aliphatic heterocycles. The number of aromatic nitrogens is 4. The molecule has 88 valence electrons. The van der Waals surface area contributed by atoms with Gasteiger partial charge in [-0.05, 0) is 15.9 Å². The van der Waals surface area contributed by atoms with E-state index < -0.39 is 5.91 Å². The van der Waals surface area contributed by atoms with Gasteiger partial charge >= 0.3 is 0 Å². The van der Waals surface area contributed by atoms with Gasteiger partial charge in [0.25, 0.3) is 11.9 Å². The molecule has 0 fully saturated rings. The maximum Gasteiger partial charge on any atom is 0.253 e. The van der Waals surface area contributed by atoms with Crippen molar-refractivity contribution in [2.24, 2.45) is 5.73 Å². The Morgan fingerprint density at radius 1 is 1.53 bits per heavy atom. The molecule has 0 spiro atoms. The van der Waals surface area contributed by atoms with Gasteiger partial charge in [0.1, 0.15) is 0 Å². The molecule has 0 radical (unpaired) electrons. The highest BCUT2D eigenvalue weighted by molar-refractivity contribution is 9.10. The van der Waals surface area contributed by atoms with Gasteiger partial charge in [0.05, 0.1) is 29.5 Å². The van der Waals surface area contributed by atoms with Crippen LogP contribution < -0.4 is 10.5 Å². The minimum absolute atomic E-state index is 0.287. The molecule has 1 amide bonds. The van der Waals surface area contributed by atoms with Crippen LogP contribution in [0.3, 0.4) is 0 Å². The topological polar surface area (TPSA) is 95.9 Å². The second-order valence-electron chi connectivity index (χ2n) is 3.07. The lowest BCUT2D eigenvalue weighted by atomic mass is 10.4. The van der Waals surface area contributed by atoms with E-state index in [4.69, 9.17) is 10.5 Å². The van der Waals surface area contributed by atoms with Crippen LogP contribution in [0.25, 0.3) is 5.95 Å². The van der Waals surface area contributed by atoms with Crippen LogP contribution in [0.4, 0.5) is 0 Å². The summed E-state index contributed by atoms with van der Waals surface area (Å²) >= 11 is 3.24. The van der Waals surface area contributed by atoms with Gasteiger partial charge in [-0.15, -0.1) is 0 Å². The summed E-state index contributed by atoms with van der Waals surface area (Å²) in [4.78, 5) is 19.1. The normalized spacial score (nSPS) is 10.2. The highest BCUT2D eigenvalue weighted by atomic mass is 79.9. The van der Waals surface area contributed by atoms with E-state index in [0.29, 0.717) is 10.4 Å². The minimum atomic E-state index is -0.555. The number of hydrogen-bond acceptors (Lipinski definition) is 5. The van der Waals surface area contributed by atoms with Crippen molar-refractivity contribution in [3.8, 4) is 11.8 Å². The summed E-state index contributed by atoms with van der Waals surface area (Å²) in [6.45, 7) is 0. The molecule has 8 heteroatoms. The van der Waals surface area contributed by atoms with Crippen molar-refractivity contribution in [2.45, 2.75) is 0 Å². The van der Waals surface area contributed by atoms with Crippen molar-refractivity contribution in [2.75, 3.05) is 7.11 Å². The van der Waals surface area contributed by atoms with Gasteiger partial charge in [-0.1, -0.05) is 0 Å². The molecule has 0 aromatic carbocycles. The van der Waals surface area contributed by atoms with E-state index in [0.717, 1.165) is 0 Å². The Morgan fingerprint density at radius 2 is 2.29 bits per heavy atom. The number of primary amides is 1. The molecule has 17 heavy (non-hydrogen) atoms. The van der Waals surface area contributed by atoms with Crippen LogP contribution in [0.1, 0.15) is 10.4 Å². The van der Waals surface area contributed by atoms with Gasteiger partial charge in [0.2, 0.25) is 5.88 Å². The Bertz CT molecular complexity index is 568. The van der Waals surface area contributed by atoms with Gasteiger partial charge in [-0.2, -0.15) is 10.1 Å². The summed E-state index contributed by atoms with van der Waals surface area (Å²) in [5.74, 6) is 0.115. The number of carbonyl (C=O) groups is 1. The third kappa shape index (κ3) is 2.26. The molecule has 2 rings (SSSR count). The number of nitrogens with two attached hydrogens (primary N) is 1. The van der Waals surface area contributed by atoms with Gasteiger partial charge < -0.3 is 10.5 Å². The van der Waals surface area contributed by atoms with E-state index in [1.165, 1.54) is 30.4 Å². The fourth-order valence-electron chi connectivity index (χ4n) is 1.16. The highest BCUT2D eigenvalue weighted by Gasteiger charge is 2.10. The quantitative estimate of drug-likeness (QED) is 0.891. The van der Waals surface area contributed by atoms with E-state index in [1.807, 2.05) is 0 Å². The SMILES string of the molecule is COc1nc(-n2cc(C(N)=O)cn2)ncc1Br. The molecule has 0 atom stereocenters. The minimum Gasteiger partial charge on any atom is -0.480 e. The molecular weight excluding hydrogens is 290 g/mol. The Kier molecular flexibility index (Phi) is 3.05. The largest absolute Gasteiger partial charge is 0.480 e. The highest BCUT2D eigenvalue weighted by Crippen LogP contribution is 2.21. The summed E-state index contributed by atoms with van der Waals surface area (Å²) in [6.07, 6.45) is 4.33.